The van der Waals surface area contributed by atoms with Gasteiger partial charge in [0.2, 0.25) is 0 Å². The average Bonchev–Trinajstić information content (AvgIpc) is 3.33. The number of ether oxygens (including phenoxy) is 1. The molecule has 1 aliphatic rings. The van der Waals surface area contributed by atoms with Crippen LogP contribution >= 0.6 is 0 Å². The SMILES string of the molecule is COc1ccccc1C(=O)N(c1ccccn1)C1CC1. The van der Waals surface area contributed by atoms with Crippen LogP contribution in [0.2, 0.25) is 0 Å². The summed E-state index contributed by atoms with van der Waals surface area (Å²) < 4.78 is 5.28. The Hall–Kier alpha value is -2.36. The predicted molar refractivity (Wildman–Crippen MR) is 77.1 cm³/mol. The number of benzene rings is 1. The summed E-state index contributed by atoms with van der Waals surface area (Å²) in [5.74, 6) is 1.24. The number of hydrogen-bond donors (Lipinski definition) is 0. The van der Waals surface area contributed by atoms with Gasteiger partial charge in [-0.25, -0.2) is 4.98 Å². The Morgan fingerprint density at radius 2 is 1.95 bits per heavy atom. The molecule has 1 saturated carbocycles. The maximum Gasteiger partial charge on any atom is 0.263 e. The first-order valence-corrected chi connectivity index (χ1v) is 6.69. The number of rotatable bonds is 4. The van der Waals surface area contributed by atoms with Gasteiger partial charge in [-0.2, -0.15) is 0 Å². The zero-order valence-electron chi connectivity index (χ0n) is 11.3. The highest BCUT2D eigenvalue weighted by Crippen LogP contribution is 2.33. The highest BCUT2D eigenvalue weighted by Gasteiger charge is 2.35. The lowest BCUT2D eigenvalue weighted by molar-refractivity contribution is 0.0981. The van der Waals surface area contributed by atoms with Gasteiger partial charge in [-0.05, 0) is 37.1 Å². The van der Waals surface area contributed by atoms with Gasteiger partial charge >= 0.3 is 0 Å². The summed E-state index contributed by atoms with van der Waals surface area (Å²) in [5.41, 5.74) is 0.576. The number of carbonyl (C=O) groups excluding carboxylic acids is 1. The van der Waals surface area contributed by atoms with Crippen molar-refractivity contribution in [2.45, 2.75) is 18.9 Å². The lowest BCUT2D eigenvalue weighted by Crippen LogP contribution is -2.34. The van der Waals surface area contributed by atoms with Gasteiger partial charge in [0, 0.05) is 12.2 Å². The monoisotopic (exact) mass is 268 g/mol. The topological polar surface area (TPSA) is 42.4 Å². The molecule has 4 nitrogen and oxygen atoms in total. The van der Waals surface area contributed by atoms with E-state index in [2.05, 4.69) is 4.98 Å². The molecule has 1 aromatic heterocycles. The van der Waals surface area contributed by atoms with Gasteiger partial charge < -0.3 is 4.74 Å². The van der Waals surface area contributed by atoms with E-state index in [1.807, 2.05) is 30.3 Å². The van der Waals surface area contributed by atoms with Crippen LogP contribution in [-0.2, 0) is 0 Å². The van der Waals surface area contributed by atoms with E-state index in [4.69, 9.17) is 4.74 Å². The molecule has 4 heteroatoms. The maximum atomic E-state index is 12.8. The highest BCUT2D eigenvalue weighted by atomic mass is 16.5. The fourth-order valence-electron chi connectivity index (χ4n) is 2.24. The maximum absolute atomic E-state index is 12.8. The molecule has 0 saturated heterocycles. The second-order valence-corrected chi connectivity index (χ2v) is 4.79. The van der Waals surface area contributed by atoms with Gasteiger partial charge in [0.25, 0.3) is 5.91 Å². The molecule has 1 amide bonds. The Morgan fingerprint density at radius 1 is 1.20 bits per heavy atom. The molecule has 0 radical (unpaired) electrons. The number of carbonyl (C=O) groups is 1. The summed E-state index contributed by atoms with van der Waals surface area (Å²) >= 11 is 0. The van der Waals surface area contributed by atoms with E-state index in [1.165, 1.54) is 0 Å². The lowest BCUT2D eigenvalue weighted by Gasteiger charge is -2.22. The molecule has 1 aliphatic carbocycles. The molecule has 0 N–H and O–H groups in total. The minimum absolute atomic E-state index is 0.0522. The van der Waals surface area contributed by atoms with Crippen LogP contribution in [0.3, 0.4) is 0 Å². The van der Waals surface area contributed by atoms with E-state index >= 15 is 0 Å². The normalized spacial score (nSPS) is 13.8. The number of nitrogens with zero attached hydrogens (tertiary/aromatic N) is 2. The van der Waals surface area contributed by atoms with Gasteiger partial charge in [0.1, 0.15) is 11.6 Å². The fraction of sp³-hybridized carbons (Fsp3) is 0.250. The molecule has 2 aromatic rings. The van der Waals surface area contributed by atoms with Crippen LogP contribution < -0.4 is 9.64 Å². The van der Waals surface area contributed by atoms with Crippen molar-refractivity contribution in [1.29, 1.82) is 0 Å². The Bertz CT molecular complexity index is 609. The summed E-state index contributed by atoms with van der Waals surface area (Å²) in [4.78, 5) is 18.9. The van der Waals surface area contributed by atoms with Crippen LogP contribution in [-0.4, -0.2) is 24.0 Å². The van der Waals surface area contributed by atoms with Crippen LogP contribution in [0, 0.1) is 0 Å². The van der Waals surface area contributed by atoms with Crippen molar-refractivity contribution in [3.8, 4) is 5.75 Å². The number of pyridine rings is 1. The molecule has 0 aliphatic heterocycles. The molecule has 0 unspecified atom stereocenters. The zero-order chi connectivity index (χ0) is 13.9. The molecule has 0 atom stereocenters. The highest BCUT2D eigenvalue weighted by molar-refractivity contribution is 6.08. The molecular weight excluding hydrogens is 252 g/mol. The Morgan fingerprint density at radius 3 is 2.60 bits per heavy atom. The van der Waals surface area contributed by atoms with Crippen molar-refractivity contribution in [3.63, 3.8) is 0 Å². The smallest absolute Gasteiger partial charge is 0.263 e. The first kappa shape index (κ1) is 12.7. The molecule has 1 aromatic carbocycles. The van der Waals surface area contributed by atoms with Gasteiger partial charge in [0.05, 0.1) is 12.7 Å². The van der Waals surface area contributed by atoms with Crippen molar-refractivity contribution in [3.05, 3.63) is 54.2 Å². The average molecular weight is 268 g/mol. The van der Waals surface area contributed by atoms with E-state index in [9.17, 15) is 4.79 Å². The van der Waals surface area contributed by atoms with Crippen molar-refractivity contribution in [2.75, 3.05) is 12.0 Å². The fourth-order valence-corrected chi connectivity index (χ4v) is 2.24. The minimum atomic E-state index is -0.0522. The third-order valence-corrected chi connectivity index (χ3v) is 3.36. The summed E-state index contributed by atoms with van der Waals surface area (Å²) in [6.45, 7) is 0. The molecule has 102 valence electrons. The van der Waals surface area contributed by atoms with Gasteiger partial charge in [-0.1, -0.05) is 18.2 Å². The van der Waals surface area contributed by atoms with Crippen LogP contribution in [0.15, 0.2) is 48.7 Å². The van der Waals surface area contributed by atoms with Crippen molar-refractivity contribution >= 4 is 11.7 Å². The lowest BCUT2D eigenvalue weighted by atomic mass is 10.1. The van der Waals surface area contributed by atoms with Gasteiger partial charge in [-0.3, -0.25) is 9.69 Å². The molecule has 0 bridgehead atoms. The Labute approximate surface area is 118 Å². The molecule has 3 rings (SSSR count). The summed E-state index contributed by atoms with van der Waals surface area (Å²) in [6, 6.07) is 13.2. The number of anilines is 1. The van der Waals surface area contributed by atoms with Crippen molar-refractivity contribution in [1.82, 2.24) is 4.98 Å². The van der Waals surface area contributed by atoms with E-state index in [0.29, 0.717) is 17.1 Å². The molecular formula is C16H16N2O2. The molecule has 20 heavy (non-hydrogen) atoms. The number of aromatic nitrogens is 1. The summed E-state index contributed by atoms with van der Waals surface area (Å²) in [7, 11) is 1.58. The third-order valence-electron chi connectivity index (χ3n) is 3.36. The summed E-state index contributed by atoms with van der Waals surface area (Å²) in [5, 5.41) is 0. The van der Waals surface area contributed by atoms with E-state index in [0.717, 1.165) is 12.8 Å². The Kier molecular flexibility index (Phi) is 3.37. The van der Waals surface area contributed by atoms with E-state index in [1.54, 1.807) is 30.3 Å². The number of amides is 1. The molecule has 1 heterocycles. The van der Waals surface area contributed by atoms with Crippen molar-refractivity contribution < 1.29 is 9.53 Å². The largest absolute Gasteiger partial charge is 0.496 e. The zero-order valence-corrected chi connectivity index (χ0v) is 11.3. The van der Waals surface area contributed by atoms with Gasteiger partial charge in [-0.15, -0.1) is 0 Å². The molecule has 1 fully saturated rings. The Balaban J connectivity index is 1.98. The minimum Gasteiger partial charge on any atom is -0.496 e. The number of hydrogen-bond acceptors (Lipinski definition) is 3. The van der Waals surface area contributed by atoms with E-state index < -0.39 is 0 Å². The first-order chi connectivity index (χ1) is 9.81. The van der Waals surface area contributed by atoms with Gasteiger partial charge in [0.15, 0.2) is 0 Å². The first-order valence-electron chi connectivity index (χ1n) is 6.69. The van der Waals surface area contributed by atoms with Crippen LogP contribution in [0.4, 0.5) is 5.82 Å². The standard InChI is InChI=1S/C16H16N2O2/c1-20-14-7-3-2-6-13(14)16(19)18(12-9-10-12)15-8-4-5-11-17-15/h2-8,11-12H,9-10H2,1H3. The quantitative estimate of drug-likeness (QED) is 0.856. The second kappa shape index (κ2) is 5.33. The number of para-hydroxylation sites is 1. The van der Waals surface area contributed by atoms with Crippen LogP contribution in [0.5, 0.6) is 5.75 Å². The van der Waals surface area contributed by atoms with Crippen LogP contribution in [0.1, 0.15) is 23.2 Å². The number of methoxy groups -OCH3 is 1. The summed E-state index contributed by atoms with van der Waals surface area (Å²) in [6.07, 6.45) is 3.76. The van der Waals surface area contributed by atoms with Crippen molar-refractivity contribution in [2.24, 2.45) is 0 Å². The third kappa shape index (κ3) is 2.37. The van der Waals surface area contributed by atoms with Crippen LogP contribution in [0.25, 0.3) is 0 Å². The molecule has 0 spiro atoms. The van der Waals surface area contributed by atoms with E-state index in [-0.39, 0.29) is 11.9 Å². The predicted octanol–water partition coefficient (Wildman–Crippen LogP) is 2.90. The second-order valence-electron chi connectivity index (χ2n) is 4.79.